The second-order valence-corrected chi connectivity index (χ2v) is 8.80. The molecule has 7 nitrogen and oxygen atoms in total. The van der Waals surface area contributed by atoms with E-state index >= 15 is 0 Å². The maximum atomic E-state index is 5.60. The zero-order valence-electron chi connectivity index (χ0n) is 17.0. The minimum Gasteiger partial charge on any atom is -0.443 e. The molecule has 1 fully saturated rings. The number of guanidine groups is 1. The second-order valence-electron chi connectivity index (χ2n) is 6.88. The maximum absolute atomic E-state index is 5.60. The van der Waals surface area contributed by atoms with Crippen LogP contribution < -0.4 is 10.6 Å². The van der Waals surface area contributed by atoms with Crippen molar-refractivity contribution in [2.24, 2.45) is 4.99 Å². The third kappa shape index (κ3) is 5.48. The van der Waals surface area contributed by atoms with Gasteiger partial charge in [-0.05, 0) is 29.8 Å². The Kier molecular flexibility index (Phi) is 7.52. The molecule has 0 radical (unpaired) electrons. The van der Waals surface area contributed by atoms with Gasteiger partial charge in [0.2, 0.25) is 5.89 Å². The third-order valence-electron chi connectivity index (χ3n) is 4.85. The van der Waals surface area contributed by atoms with Gasteiger partial charge in [0.15, 0.2) is 5.96 Å². The molecule has 4 heterocycles. The summed E-state index contributed by atoms with van der Waals surface area (Å²) in [5.74, 6) is 1.44. The number of nitrogens with zero attached hydrogens (tertiary/aromatic N) is 3. The molecule has 1 aliphatic heterocycles. The quantitative estimate of drug-likeness (QED) is 0.408. The Morgan fingerprint density at radius 3 is 2.77 bits per heavy atom. The van der Waals surface area contributed by atoms with E-state index in [0.29, 0.717) is 18.5 Å². The van der Waals surface area contributed by atoms with Crippen LogP contribution in [-0.4, -0.2) is 55.2 Å². The average molecular weight is 446 g/mol. The van der Waals surface area contributed by atoms with E-state index in [2.05, 4.69) is 45.0 Å². The van der Waals surface area contributed by atoms with Crippen molar-refractivity contribution in [3.05, 3.63) is 51.9 Å². The highest BCUT2D eigenvalue weighted by Gasteiger charge is 2.23. The molecule has 0 bridgehead atoms. The standard InChI is InChI=1S/C21H27N5O2S2/c1-2-22-21(23-13-16-15-28-20(25-16)19-6-4-12-30-19)24-14-17(18-5-3-11-29-18)26-7-9-27-10-8-26/h3-6,11-12,15,17H,2,7-10,13-14H2,1H3,(H2,22,23,24). The molecule has 0 aliphatic carbocycles. The molecule has 1 aliphatic rings. The predicted molar refractivity (Wildman–Crippen MR) is 122 cm³/mol. The van der Waals surface area contributed by atoms with Crippen LogP contribution in [0.3, 0.4) is 0 Å². The van der Waals surface area contributed by atoms with Gasteiger partial charge in [-0.3, -0.25) is 4.90 Å². The van der Waals surface area contributed by atoms with Gasteiger partial charge in [-0.2, -0.15) is 0 Å². The number of oxazole rings is 1. The number of aromatic nitrogens is 1. The van der Waals surface area contributed by atoms with E-state index in [4.69, 9.17) is 14.1 Å². The first-order chi connectivity index (χ1) is 14.8. The van der Waals surface area contributed by atoms with E-state index in [0.717, 1.165) is 55.9 Å². The number of hydrogen-bond acceptors (Lipinski definition) is 7. The van der Waals surface area contributed by atoms with Gasteiger partial charge in [0.25, 0.3) is 0 Å². The Morgan fingerprint density at radius 1 is 1.20 bits per heavy atom. The van der Waals surface area contributed by atoms with E-state index < -0.39 is 0 Å². The Bertz CT molecular complexity index is 902. The molecular weight excluding hydrogens is 418 g/mol. The summed E-state index contributed by atoms with van der Waals surface area (Å²) in [4.78, 5) is 14.1. The summed E-state index contributed by atoms with van der Waals surface area (Å²) in [5, 5.41) is 11.0. The van der Waals surface area contributed by atoms with Crippen LogP contribution in [0.1, 0.15) is 23.5 Å². The molecule has 0 spiro atoms. The third-order valence-corrected chi connectivity index (χ3v) is 6.68. The van der Waals surface area contributed by atoms with E-state index in [1.54, 1.807) is 28.9 Å². The van der Waals surface area contributed by atoms with Crippen LogP contribution in [0.15, 0.2) is 50.7 Å². The number of morpholine rings is 1. The van der Waals surface area contributed by atoms with Crippen molar-refractivity contribution in [1.29, 1.82) is 0 Å². The van der Waals surface area contributed by atoms with Crippen LogP contribution >= 0.6 is 22.7 Å². The van der Waals surface area contributed by atoms with Crippen LogP contribution in [0.5, 0.6) is 0 Å². The molecular formula is C21H27N5O2S2. The molecule has 0 saturated carbocycles. The summed E-state index contributed by atoms with van der Waals surface area (Å²) < 4.78 is 11.1. The van der Waals surface area contributed by atoms with Gasteiger partial charge in [-0.25, -0.2) is 9.98 Å². The topological polar surface area (TPSA) is 74.9 Å². The van der Waals surface area contributed by atoms with Gasteiger partial charge >= 0.3 is 0 Å². The average Bonchev–Trinajstić information content (AvgIpc) is 3.55. The van der Waals surface area contributed by atoms with E-state index in [-0.39, 0.29) is 0 Å². The van der Waals surface area contributed by atoms with Crippen molar-refractivity contribution in [3.8, 4) is 10.8 Å². The summed E-state index contributed by atoms with van der Waals surface area (Å²) >= 11 is 3.41. The fourth-order valence-electron chi connectivity index (χ4n) is 3.37. The first-order valence-corrected chi connectivity index (χ1v) is 11.9. The largest absolute Gasteiger partial charge is 0.443 e. The molecule has 3 aromatic rings. The zero-order chi connectivity index (χ0) is 20.6. The normalized spacial score (nSPS) is 16.5. The van der Waals surface area contributed by atoms with E-state index in [1.807, 2.05) is 17.5 Å². The molecule has 2 N–H and O–H groups in total. The van der Waals surface area contributed by atoms with Crippen molar-refractivity contribution in [2.45, 2.75) is 19.5 Å². The lowest BCUT2D eigenvalue weighted by Crippen LogP contribution is -2.46. The molecule has 9 heteroatoms. The van der Waals surface area contributed by atoms with Gasteiger partial charge in [-0.1, -0.05) is 12.1 Å². The lowest BCUT2D eigenvalue weighted by molar-refractivity contribution is 0.0177. The second kappa shape index (κ2) is 10.7. The van der Waals surface area contributed by atoms with Crippen LogP contribution in [0.25, 0.3) is 10.8 Å². The molecule has 1 atom stereocenters. The fraction of sp³-hybridized carbons (Fsp3) is 0.429. The Morgan fingerprint density at radius 2 is 2.03 bits per heavy atom. The van der Waals surface area contributed by atoms with Gasteiger partial charge in [0.05, 0.1) is 30.7 Å². The minimum atomic E-state index is 0.301. The summed E-state index contributed by atoms with van der Waals surface area (Å²) in [6, 6.07) is 8.62. The number of aliphatic imine (C=N–C) groups is 1. The Labute approximate surface area is 184 Å². The first-order valence-electron chi connectivity index (χ1n) is 10.2. The van der Waals surface area contributed by atoms with Crippen molar-refractivity contribution in [1.82, 2.24) is 20.5 Å². The molecule has 1 unspecified atom stereocenters. The summed E-state index contributed by atoms with van der Waals surface area (Å²) in [5.41, 5.74) is 0.818. The minimum absolute atomic E-state index is 0.301. The van der Waals surface area contributed by atoms with Crippen molar-refractivity contribution in [2.75, 3.05) is 39.4 Å². The highest BCUT2D eigenvalue weighted by Crippen LogP contribution is 2.26. The van der Waals surface area contributed by atoms with Gasteiger partial charge in [-0.15, -0.1) is 22.7 Å². The highest BCUT2D eigenvalue weighted by atomic mass is 32.1. The summed E-state index contributed by atoms with van der Waals surface area (Å²) in [6.45, 7) is 7.58. The van der Waals surface area contributed by atoms with E-state index in [9.17, 15) is 0 Å². The zero-order valence-corrected chi connectivity index (χ0v) is 18.7. The van der Waals surface area contributed by atoms with Crippen molar-refractivity contribution in [3.63, 3.8) is 0 Å². The number of ether oxygens (including phenoxy) is 1. The van der Waals surface area contributed by atoms with Crippen LogP contribution in [0.4, 0.5) is 0 Å². The number of rotatable bonds is 8. The van der Waals surface area contributed by atoms with Crippen LogP contribution in [0.2, 0.25) is 0 Å². The summed E-state index contributed by atoms with van der Waals surface area (Å²) in [7, 11) is 0. The summed E-state index contributed by atoms with van der Waals surface area (Å²) in [6.07, 6.45) is 1.68. The lowest BCUT2D eigenvalue weighted by Gasteiger charge is -2.34. The Hall–Kier alpha value is -2.20. The predicted octanol–water partition coefficient (Wildman–Crippen LogP) is 3.59. The van der Waals surface area contributed by atoms with Gasteiger partial charge in [0, 0.05) is 31.1 Å². The SMILES string of the molecule is CCNC(=NCc1coc(-c2cccs2)n1)NCC(c1cccs1)N1CCOCC1. The molecule has 0 aromatic carbocycles. The maximum Gasteiger partial charge on any atom is 0.236 e. The molecule has 3 aromatic heterocycles. The molecule has 0 amide bonds. The van der Waals surface area contributed by atoms with Crippen LogP contribution in [0, 0.1) is 0 Å². The Balaban J connectivity index is 1.40. The molecule has 1 saturated heterocycles. The van der Waals surface area contributed by atoms with Gasteiger partial charge < -0.3 is 19.8 Å². The first kappa shape index (κ1) is 21.0. The van der Waals surface area contributed by atoms with Gasteiger partial charge in [0.1, 0.15) is 12.0 Å². The molecule has 4 rings (SSSR count). The molecule has 160 valence electrons. The number of nitrogens with one attached hydrogen (secondary N) is 2. The van der Waals surface area contributed by atoms with Crippen molar-refractivity contribution >= 4 is 28.6 Å². The van der Waals surface area contributed by atoms with Crippen LogP contribution in [-0.2, 0) is 11.3 Å². The monoisotopic (exact) mass is 445 g/mol. The highest BCUT2D eigenvalue weighted by molar-refractivity contribution is 7.13. The number of thiophene rings is 2. The van der Waals surface area contributed by atoms with Crippen molar-refractivity contribution < 1.29 is 9.15 Å². The molecule has 30 heavy (non-hydrogen) atoms. The fourth-order valence-corrected chi connectivity index (χ4v) is 4.88. The lowest BCUT2D eigenvalue weighted by atomic mass is 10.2. The van der Waals surface area contributed by atoms with E-state index in [1.165, 1.54) is 4.88 Å². The number of hydrogen-bond donors (Lipinski definition) is 2. The smallest absolute Gasteiger partial charge is 0.236 e.